The SMILES string of the molecule is Nc1cccc2occ(COc3ccccc3O)c12. The third kappa shape index (κ3) is 2.08. The number of nitrogens with two attached hydrogens (primary N) is 1. The first-order valence-corrected chi connectivity index (χ1v) is 5.91. The Balaban J connectivity index is 1.89. The van der Waals surface area contributed by atoms with Crippen LogP contribution in [-0.4, -0.2) is 5.11 Å². The third-order valence-electron chi connectivity index (χ3n) is 2.96. The van der Waals surface area contributed by atoms with Crippen LogP contribution in [0.25, 0.3) is 11.0 Å². The van der Waals surface area contributed by atoms with Gasteiger partial charge in [-0.05, 0) is 24.3 Å². The van der Waals surface area contributed by atoms with Crippen molar-refractivity contribution in [2.45, 2.75) is 6.61 Å². The van der Waals surface area contributed by atoms with Crippen LogP contribution >= 0.6 is 0 Å². The molecule has 3 aromatic rings. The third-order valence-corrected chi connectivity index (χ3v) is 2.96. The molecule has 1 heterocycles. The van der Waals surface area contributed by atoms with Gasteiger partial charge in [0.15, 0.2) is 11.5 Å². The molecule has 0 radical (unpaired) electrons. The Morgan fingerprint density at radius 2 is 1.95 bits per heavy atom. The van der Waals surface area contributed by atoms with Crippen LogP contribution in [0, 0.1) is 0 Å². The van der Waals surface area contributed by atoms with E-state index in [9.17, 15) is 5.11 Å². The Labute approximate surface area is 110 Å². The number of anilines is 1. The highest BCUT2D eigenvalue weighted by atomic mass is 16.5. The molecule has 3 N–H and O–H groups in total. The molecule has 19 heavy (non-hydrogen) atoms. The van der Waals surface area contributed by atoms with E-state index >= 15 is 0 Å². The first-order valence-electron chi connectivity index (χ1n) is 5.91. The predicted octanol–water partition coefficient (Wildman–Crippen LogP) is 3.30. The van der Waals surface area contributed by atoms with Crippen molar-refractivity contribution in [3.63, 3.8) is 0 Å². The fourth-order valence-electron chi connectivity index (χ4n) is 2.02. The summed E-state index contributed by atoms with van der Waals surface area (Å²) in [5.41, 5.74) is 8.18. The lowest BCUT2D eigenvalue weighted by Gasteiger charge is -2.07. The summed E-state index contributed by atoms with van der Waals surface area (Å²) < 4.78 is 11.0. The van der Waals surface area contributed by atoms with Gasteiger partial charge in [-0.3, -0.25) is 0 Å². The van der Waals surface area contributed by atoms with Gasteiger partial charge in [-0.2, -0.15) is 0 Å². The van der Waals surface area contributed by atoms with E-state index in [0.717, 1.165) is 16.5 Å². The lowest BCUT2D eigenvalue weighted by Crippen LogP contribution is -1.96. The number of phenols is 1. The molecule has 0 aliphatic carbocycles. The first kappa shape index (κ1) is 11.5. The normalized spacial score (nSPS) is 10.7. The van der Waals surface area contributed by atoms with Gasteiger partial charge in [-0.25, -0.2) is 0 Å². The minimum atomic E-state index is 0.114. The molecule has 0 spiro atoms. The van der Waals surface area contributed by atoms with Gasteiger partial charge < -0.3 is 20.0 Å². The van der Waals surface area contributed by atoms with Crippen molar-refractivity contribution in [3.05, 3.63) is 54.3 Å². The fraction of sp³-hybridized carbons (Fsp3) is 0.0667. The summed E-state index contributed by atoms with van der Waals surface area (Å²) in [6, 6.07) is 12.4. The molecule has 1 aromatic heterocycles. The summed E-state index contributed by atoms with van der Waals surface area (Å²) in [6.45, 7) is 0.290. The van der Waals surface area contributed by atoms with E-state index in [-0.39, 0.29) is 5.75 Å². The molecule has 0 saturated carbocycles. The van der Waals surface area contributed by atoms with E-state index < -0.39 is 0 Å². The Hall–Kier alpha value is -2.62. The summed E-state index contributed by atoms with van der Waals surface area (Å²) in [7, 11) is 0. The highest BCUT2D eigenvalue weighted by molar-refractivity contribution is 5.92. The van der Waals surface area contributed by atoms with Crippen molar-refractivity contribution in [1.82, 2.24) is 0 Å². The maximum absolute atomic E-state index is 9.63. The molecule has 0 bridgehead atoms. The standard InChI is InChI=1S/C15H13NO3/c16-11-4-3-7-14-15(11)10(9-19-14)8-18-13-6-2-1-5-12(13)17/h1-7,9,17H,8,16H2. The van der Waals surface area contributed by atoms with Crippen molar-refractivity contribution in [2.75, 3.05) is 5.73 Å². The molecule has 2 aromatic carbocycles. The van der Waals surface area contributed by atoms with E-state index in [4.69, 9.17) is 14.9 Å². The highest BCUT2D eigenvalue weighted by Gasteiger charge is 2.10. The first-order chi connectivity index (χ1) is 9.25. The fourth-order valence-corrected chi connectivity index (χ4v) is 2.02. The van der Waals surface area contributed by atoms with Crippen LogP contribution in [0.2, 0.25) is 0 Å². The predicted molar refractivity (Wildman–Crippen MR) is 73.1 cm³/mol. The van der Waals surface area contributed by atoms with Gasteiger partial charge in [-0.1, -0.05) is 18.2 Å². The lowest BCUT2D eigenvalue weighted by atomic mass is 10.1. The molecule has 0 aliphatic rings. The summed E-state index contributed by atoms with van der Waals surface area (Å²) in [4.78, 5) is 0. The van der Waals surface area contributed by atoms with E-state index in [1.807, 2.05) is 18.2 Å². The average molecular weight is 255 g/mol. The number of aromatic hydroxyl groups is 1. The Morgan fingerprint density at radius 3 is 2.79 bits per heavy atom. The van der Waals surface area contributed by atoms with Gasteiger partial charge in [0.25, 0.3) is 0 Å². The van der Waals surface area contributed by atoms with Gasteiger partial charge in [0, 0.05) is 16.6 Å². The monoisotopic (exact) mass is 255 g/mol. The van der Waals surface area contributed by atoms with Crippen LogP contribution in [0.5, 0.6) is 11.5 Å². The van der Waals surface area contributed by atoms with Crippen molar-refractivity contribution in [3.8, 4) is 11.5 Å². The number of ether oxygens (including phenoxy) is 1. The van der Waals surface area contributed by atoms with Gasteiger partial charge >= 0.3 is 0 Å². The molecule has 4 nitrogen and oxygen atoms in total. The second-order valence-corrected chi connectivity index (χ2v) is 4.24. The zero-order chi connectivity index (χ0) is 13.2. The maximum atomic E-state index is 9.63. The summed E-state index contributed by atoms with van der Waals surface area (Å²) in [5, 5.41) is 10.5. The molecule has 3 rings (SSSR count). The molecule has 0 fully saturated rings. The topological polar surface area (TPSA) is 68.6 Å². The van der Waals surface area contributed by atoms with Crippen LogP contribution < -0.4 is 10.5 Å². The Kier molecular flexibility index (Phi) is 2.76. The number of para-hydroxylation sites is 2. The van der Waals surface area contributed by atoms with Crippen LogP contribution in [-0.2, 0) is 6.61 Å². The number of benzene rings is 2. The molecule has 0 aliphatic heterocycles. The van der Waals surface area contributed by atoms with Crippen molar-refractivity contribution in [2.24, 2.45) is 0 Å². The van der Waals surface area contributed by atoms with Crippen LogP contribution in [0.1, 0.15) is 5.56 Å². The van der Waals surface area contributed by atoms with Crippen LogP contribution in [0.3, 0.4) is 0 Å². The summed E-state index contributed by atoms with van der Waals surface area (Å²) in [5.74, 6) is 0.551. The van der Waals surface area contributed by atoms with E-state index in [1.165, 1.54) is 0 Å². The largest absolute Gasteiger partial charge is 0.504 e. The van der Waals surface area contributed by atoms with Gasteiger partial charge in [0.2, 0.25) is 0 Å². The quantitative estimate of drug-likeness (QED) is 0.704. The maximum Gasteiger partial charge on any atom is 0.161 e. The minimum Gasteiger partial charge on any atom is -0.504 e. The molecule has 0 amide bonds. The zero-order valence-electron chi connectivity index (χ0n) is 10.2. The molecule has 0 atom stereocenters. The number of rotatable bonds is 3. The second-order valence-electron chi connectivity index (χ2n) is 4.24. The number of hydrogen-bond acceptors (Lipinski definition) is 4. The van der Waals surface area contributed by atoms with Gasteiger partial charge in [0.1, 0.15) is 12.2 Å². The highest BCUT2D eigenvalue weighted by Crippen LogP contribution is 2.30. The summed E-state index contributed by atoms with van der Waals surface area (Å²) >= 11 is 0. The number of hydrogen-bond donors (Lipinski definition) is 2. The Morgan fingerprint density at radius 1 is 1.11 bits per heavy atom. The van der Waals surface area contributed by atoms with Crippen molar-refractivity contribution < 1.29 is 14.3 Å². The van der Waals surface area contributed by atoms with Crippen LogP contribution in [0.4, 0.5) is 5.69 Å². The number of nitrogen functional groups attached to an aromatic ring is 1. The minimum absolute atomic E-state index is 0.114. The molecule has 4 heteroatoms. The summed E-state index contributed by atoms with van der Waals surface area (Å²) in [6.07, 6.45) is 1.63. The molecular weight excluding hydrogens is 242 g/mol. The molecular formula is C15H13NO3. The van der Waals surface area contributed by atoms with Crippen molar-refractivity contribution >= 4 is 16.7 Å². The zero-order valence-corrected chi connectivity index (χ0v) is 10.2. The lowest BCUT2D eigenvalue weighted by molar-refractivity contribution is 0.289. The number of fused-ring (bicyclic) bond motifs is 1. The molecule has 96 valence electrons. The van der Waals surface area contributed by atoms with Crippen LogP contribution in [0.15, 0.2) is 53.1 Å². The molecule has 0 unspecified atom stereocenters. The van der Waals surface area contributed by atoms with E-state index in [1.54, 1.807) is 30.5 Å². The van der Waals surface area contributed by atoms with Crippen molar-refractivity contribution in [1.29, 1.82) is 0 Å². The van der Waals surface area contributed by atoms with E-state index in [2.05, 4.69) is 0 Å². The Bertz CT molecular complexity index is 718. The average Bonchev–Trinajstić information content (AvgIpc) is 2.83. The van der Waals surface area contributed by atoms with Gasteiger partial charge in [0.05, 0.1) is 6.26 Å². The number of phenolic OH excluding ortho intramolecular Hbond substituents is 1. The molecule has 0 saturated heterocycles. The number of furan rings is 1. The van der Waals surface area contributed by atoms with Gasteiger partial charge in [-0.15, -0.1) is 0 Å². The second kappa shape index (κ2) is 4.57. The van der Waals surface area contributed by atoms with E-state index in [0.29, 0.717) is 18.0 Å². The smallest absolute Gasteiger partial charge is 0.161 e.